The maximum atomic E-state index is 13.3. The van der Waals surface area contributed by atoms with E-state index < -0.39 is 0 Å². The van der Waals surface area contributed by atoms with E-state index in [0.717, 1.165) is 5.69 Å². The first-order valence-electron chi connectivity index (χ1n) is 11.2. The second-order valence-electron chi connectivity index (χ2n) is 9.25. The maximum absolute atomic E-state index is 13.3. The molecule has 0 aliphatic carbocycles. The molecule has 1 saturated heterocycles. The third kappa shape index (κ3) is 6.21. The van der Waals surface area contributed by atoms with Crippen molar-refractivity contribution in [1.29, 1.82) is 0 Å². The maximum Gasteiger partial charge on any atom is 0.264 e. The molecule has 184 valence electrons. The number of thiophene rings is 1. The zero-order valence-electron chi connectivity index (χ0n) is 20.3. The third-order valence-electron chi connectivity index (χ3n) is 5.46. The van der Waals surface area contributed by atoms with Gasteiger partial charge in [0.25, 0.3) is 11.8 Å². The Morgan fingerprint density at radius 1 is 1.12 bits per heavy atom. The lowest BCUT2D eigenvalue weighted by molar-refractivity contribution is -0.121. The molecule has 1 aliphatic heterocycles. The normalized spacial score (nSPS) is 14.1. The minimum atomic E-state index is -0.382. The fraction of sp³-hybridized carbons (Fsp3) is 0.458. The fourth-order valence-electron chi connectivity index (χ4n) is 3.86. The van der Waals surface area contributed by atoms with E-state index >= 15 is 0 Å². The highest BCUT2D eigenvalue weighted by Crippen LogP contribution is 2.34. The van der Waals surface area contributed by atoms with Crippen LogP contribution in [0.4, 0.5) is 10.7 Å². The van der Waals surface area contributed by atoms with Crippen molar-refractivity contribution < 1.29 is 14.4 Å². The summed E-state index contributed by atoms with van der Waals surface area (Å²) in [7, 11) is 1.71. The van der Waals surface area contributed by atoms with Gasteiger partial charge in [-0.25, -0.2) is 0 Å². The molecule has 3 amide bonds. The number of nitrogens with zero attached hydrogens (tertiary/aromatic N) is 2. The van der Waals surface area contributed by atoms with E-state index in [1.807, 2.05) is 49.9 Å². The van der Waals surface area contributed by atoms with Gasteiger partial charge in [0, 0.05) is 49.5 Å². The Kier molecular flexibility index (Phi) is 8.09. The average molecular weight is 506 g/mol. The molecule has 10 heteroatoms. The Hall–Kier alpha value is -2.78. The molecular weight excluding hydrogens is 474 g/mol. The molecule has 3 rings (SSSR count). The molecule has 1 aromatic carbocycles. The van der Waals surface area contributed by atoms with Gasteiger partial charge in [0.15, 0.2) is 0 Å². The van der Waals surface area contributed by atoms with Gasteiger partial charge in [-0.15, -0.1) is 11.3 Å². The summed E-state index contributed by atoms with van der Waals surface area (Å²) in [6, 6.07) is 7.70. The molecule has 1 aromatic heterocycles. The quantitative estimate of drug-likeness (QED) is 0.559. The zero-order valence-corrected chi connectivity index (χ0v) is 21.8. The molecule has 0 radical (unpaired) electrons. The summed E-state index contributed by atoms with van der Waals surface area (Å²) in [5, 5.41) is 9.80. The number of nitrogens with one attached hydrogen (secondary N) is 3. The first kappa shape index (κ1) is 25.8. The van der Waals surface area contributed by atoms with Gasteiger partial charge >= 0.3 is 0 Å². The summed E-state index contributed by atoms with van der Waals surface area (Å²) < 4.78 is 0. The van der Waals surface area contributed by atoms with E-state index in [2.05, 4.69) is 20.9 Å². The lowest BCUT2D eigenvalue weighted by atomic mass is 10.1. The molecule has 0 atom stereocenters. The van der Waals surface area contributed by atoms with Gasteiger partial charge < -0.3 is 25.8 Å². The Morgan fingerprint density at radius 2 is 1.79 bits per heavy atom. The lowest BCUT2D eigenvalue weighted by Crippen LogP contribution is -2.48. The minimum Gasteiger partial charge on any atom is -0.379 e. The monoisotopic (exact) mass is 505 g/mol. The van der Waals surface area contributed by atoms with Crippen LogP contribution in [0.1, 0.15) is 46.4 Å². The number of piperazine rings is 1. The van der Waals surface area contributed by atoms with Gasteiger partial charge in [0.1, 0.15) is 5.00 Å². The fourth-order valence-corrected chi connectivity index (χ4v) is 5.17. The van der Waals surface area contributed by atoms with E-state index in [4.69, 9.17) is 11.6 Å². The molecule has 2 aromatic rings. The van der Waals surface area contributed by atoms with E-state index in [1.54, 1.807) is 14.0 Å². The van der Waals surface area contributed by atoms with Crippen molar-refractivity contribution in [2.75, 3.05) is 50.0 Å². The molecule has 0 spiro atoms. The largest absolute Gasteiger partial charge is 0.379 e. The highest BCUT2D eigenvalue weighted by atomic mass is 35.5. The van der Waals surface area contributed by atoms with Crippen molar-refractivity contribution >= 4 is 51.3 Å². The van der Waals surface area contributed by atoms with E-state index in [-0.39, 0.29) is 29.8 Å². The number of amides is 3. The minimum absolute atomic E-state index is 0.0886. The van der Waals surface area contributed by atoms with E-state index in [1.165, 1.54) is 11.3 Å². The molecule has 1 fully saturated rings. The van der Waals surface area contributed by atoms with Crippen molar-refractivity contribution in [3.8, 4) is 0 Å². The van der Waals surface area contributed by atoms with Crippen LogP contribution in [0, 0.1) is 6.92 Å². The molecule has 2 heterocycles. The summed E-state index contributed by atoms with van der Waals surface area (Å²) in [4.78, 5) is 42.9. The van der Waals surface area contributed by atoms with Crippen LogP contribution in [-0.2, 0) is 4.79 Å². The molecule has 0 bridgehead atoms. The molecule has 1 aliphatic rings. The van der Waals surface area contributed by atoms with Crippen molar-refractivity contribution in [3.63, 3.8) is 0 Å². The highest BCUT2D eigenvalue weighted by Gasteiger charge is 2.29. The van der Waals surface area contributed by atoms with E-state index in [9.17, 15) is 14.4 Å². The number of hydrogen-bond acceptors (Lipinski definition) is 6. The smallest absolute Gasteiger partial charge is 0.264 e. The Bertz CT molecular complexity index is 1070. The molecule has 8 nitrogen and oxygen atoms in total. The van der Waals surface area contributed by atoms with Gasteiger partial charge in [-0.2, -0.15) is 0 Å². The van der Waals surface area contributed by atoms with Gasteiger partial charge in [0.2, 0.25) is 5.91 Å². The molecule has 3 N–H and O–H groups in total. The molecule has 0 unspecified atom stereocenters. The van der Waals surface area contributed by atoms with Crippen LogP contribution >= 0.6 is 22.9 Å². The van der Waals surface area contributed by atoms with Gasteiger partial charge in [-0.1, -0.05) is 17.7 Å². The highest BCUT2D eigenvalue weighted by molar-refractivity contribution is 7.18. The number of carbonyl (C=O) groups excluding carboxylic acids is 3. The van der Waals surface area contributed by atoms with Crippen molar-refractivity contribution in [3.05, 3.63) is 45.3 Å². The first-order chi connectivity index (χ1) is 16.0. The predicted molar refractivity (Wildman–Crippen MR) is 138 cm³/mol. The van der Waals surface area contributed by atoms with Gasteiger partial charge in [-0.05, 0) is 51.5 Å². The number of halogens is 1. The topological polar surface area (TPSA) is 93.8 Å². The van der Waals surface area contributed by atoms with Gasteiger partial charge in [-0.3, -0.25) is 14.4 Å². The standard InChI is InChI=1S/C24H32ClN5O3S/c1-15-19(21(32)27-14-18(31)28-24(2,3)4)22(26-5)34-20(15)23(33)30-11-9-29(10-12-30)17-8-6-7-16(25)13-17/h6-8,13,26H,9-12,14H2,1-5H3,(H,27,32)(H,28,31). The summed E-state index contributed by atoms with van der Waals surface area (Å²) in [5.41, 5.74) is 1.67. The Balaban J connectivity index is 1.68. The second kappa shape index (κ2) is 10.7. The first-order valence-corrected chi connectivity index (χ1v) is 12.4. The number of benzene rings is 1. The van der Waals surface area contributed by atoms with Crippen LogP contribution in [0.15, 0.2) is 24.3 Å². The number of hydrogen-bond donors (Lipinski definition) is 3. The summed E-state index contributed by atoms with van der Waals surface area (Å²) in [5.74, 6) is -0.741. The second-order valence-corrected chi connectivity index (χ2v) is 10.7. The molecule has 0 saturated carbocycles. The van der Waals surface area contributed by atoms with Crippen LogP contribution in [0.5, 0.6) is 0 Å². The van der Waals surface area contributed by atoms with E-state index in [0.29, 0.717) is 52.2 Å². The molecule has 34 heavy (non-hydrogen) atoms. The lowest BCUT2D eigenvalue weighted by Gasteiger charge is -2.36. The Labute approximate surface area is 209 Å². The predicted octanol–water partition coefficient (Wildman–Crippen LogP) is 3.36. The summed E-state index contributed by atoms with van der Waals surface area (Å²) in [6.45, 7) is 9.82. The molecular formula is C24H32ClN5O3S. The number of carbonyl (C=O) groups is 3. The van der Waals surface area contributed by atoms with Gasteiger partial charge in [0.05, 0.1) is 17.0 Å². The zero-order chi connectivity index (χ0) is 25.0. The van der Waals surface area contributed by atoms with Crippen molar-refractivity contribution in [2.45, 2.75) is 33.2 Å². The Morgan fingerprint density at radius 3 is 2.38 bits per heavy atom. The van der Waals surface area contributed by atoms with Crippen LogP contribution in [0.25, 0.3) is 0 Å². The van der Waals surface area contributed by atoms with Crippen LogP contribution in [0.3, 0.4) is 0 Å². The van der Waals surface area contributed by atoms with Crippen LogP contribution in [0.2, 0.25) is 5.02 Å². The van der Waals surface area contributed by atoms with Crippen LogP contribution < -0.4 is 20.9 Å². The summed E-state index contributed by atoms with van der Waals surface area (Å²) >= 11 is 7.38. The average Bonchev–Trinajstić information content (AvgIpc) is 3.12. The van der Waals surface area contributed by atoms with Crippen LogP contribution in [-0.4, -0.2) is 67.9 Å². The SMILES string of the molecule is CNc1sc(C(=O)N2CCN(c3cccc(Cl)c3)CC2)c(C)c1C(=O)NCC(=O)NC(C)(C)C. The number of rotatable bonds is 6. The van der Waals surface area contributed by atoms with Crippen molar-refractivity contribution in [1.82, 2.24) is 15.5 Å². The summed E-state index contributed by atoms with van der Waals surface area (Å²) in [6.07, 6.45) is 0. The number of anilines is 2. The third-order valence-corrected chi connectivity index (χ3v) is 6.99. The van der Waals surface area contributed by atoms with Crippen molar-refractivity contribution in [2.24, 2.45) is 0 Å².